The van der Waals surface area contributed by atoms with Gasteiger partial charge in [0.25, 0.3) is 0 Å². The molecule has 0 aliphatic rings. The number of halogens is 1. The second-order valence-electron chi connectivity index (χ2n) is 3.61. The lowest BCUT2D eigenvalue weighted by Crippen LogP contribution is -2.34. The smallest absolute Gasteiger partial charge is 0.221 e. The first kappa shape index (κ1) is 14.1. The van der Waals surface area contributed by atoms with Gasteiger partial charge in [0.15, 0.2) is 0 Å². The van der Waals surface area contributed by atoms with E-state index in [-0.39, 0.29) is 10.7 Å². The monoisotopic (exact) mass is 326 g/mol. The van der Waals surface area contributed by atoms with Gasteiger partial charge in [-0.1, -0.05) is 15.9 Å². The molecule has 0 aliphatic carbocycles. The summed E-state index contributed by atoms with van der Waals surface area (Å²) in [6.45, 7) is 0.387. The predicted octanol–water partition coefficient (Wildman–Crippen LogP) is 1.62. The van der Waals surface area contributed by atoms with Crippen LogP contribution in [0.25, 0.3) is 0 Å². The van der Waals surface area contributed by atoms with Crippen LogP contribution in [0.1, 0.15) is 11.6 Å². The Kier molecular flexibility index (Phi) is 5.39. The van der Waals surface area contributed by atoms with Gasteiger partial charge in [-0.25, -0.2) is 13.1 Å². The molecule has 0 spiro atoms. The summed E-state index contributed by atoms with van der Waals surface area (Å²) < 4.78 is 25.1. The Morgan fingerprint density at radius 1 is 1.56 bits per heavy atom. The molecule has 1 unspecified atom stereocenters. The van der Waals surface area contributed by atoms with Crippen molar-refractivity contribution in [1.82, 2.24) is 9.62 Å². The van der Waals surface area contributed by atoms with Gasteiger partial charge in [0, 0.05) is 12.6 Å². The minimum atomic E-state index is -3.20. The Morgan fingerprint density at radius 2 is 2.25 bits per heavy atom. The molecule has 16 heavy (non-hydrogen) atoms. The summed E-state index contributed by atoms with van der Waals surface area (Å²) in [4.78, 5) is 2.00. The highest BCUT2D eigenvalue weighted by Crippen LogP contribution is 2.20. The van der Waals surface area contributed by atoms with Gasteiger partial charge in [-0.05, 0) is 36.5 Å². The van der Waals surface area contributed by atoms with Crippen LogP contribution in [0.4, 0.5) is 0 Å². The Balaban J connectivity index is 2.68. The van der Waals surface area contributed by atoms with Crippen molar-refractivity contribution >= 4 is 37.3 Å². The molecule has 0 aliphatic heterocycles. The van der Waals surface area contributed by atoms with E-state index in [9.17, 15) is 8.42 Å². The summed E-state index contributed by atoms with van der Waals surface area (Å²) in [5.41, 5.74) is 1.13. The molecule has 0 saturated heterocycles. The Labute approximate surface area is 109 Å². The molecule has 1 aromatic rings. The van der Waals surface area contributed by atoms with E-state index in [0.717, 1.165) is 5.56 Å². The fourth-order valence-electron chi connectivity index (χ4n) is 1.31. The maximum absolute atomic E-state index is 11.3. The SMILES string of the molecule is CN(C)C(CNS(=O)(=O)CBr)c1ccsc1. The third kappa shape index (κ3) is 4.14. The van der Waals surface area contributed by atoms with Crippen LogP contribution in [0.15, 0.2) is 16.8 Å². The lowest BCUT2D eigenvalue weighted by Gasteiger charge is -2.23. The first-order valence-corrected chi connectivity index (χ1v) is 8.40. The van der Waals surface area contributed by atoms with Gasteiger partial charge in [-0.15, -0.1) is 0 Å². The summed E-state index contributed by atoms with van der Waals surface area (Å²) in [7, 11) is 0.675. The van der Waals surface area contributed by atoms with Gasteiger partial charge in [-0.3, -0.25) is 0 Å². The minimum absolute atomic E-state index is 0.0657. The Bertz CT molecular complexity index is 403. The van der Waals surface area contributed by atoms with Gasteiger partial charge in [0.05, 0.1) is 0 Å². The summed E-state index contributed by atoms with van der Waals surface area (Å²) in [6.07, 6.45) is 0. The third-order valence-corrected chi connectivity index (χ3v) is 5.60. The number of sulfonamides is 1. The average molecular weight is 327 g/mol. The molecule has 4 nitrogen and oxygen atoms in total. The molecule has 1 heterocycles. The normalized spacial score (nSPS) is 14.2. The molecule has 0 bridgehead atoms. The highest BCUT2D eigenvalue weighted by molar-refractivity contribution is 9.10. The molecule has 0 saturated carbocycles. The van der Waals surface area contributed by atoms with E-state index >= 15 is 0 Å². The number of nitrogens with one attached hydrogen (secondary N) is 1. The van der Waals surface area contributed by atoms with Gasteiger partial charge in [0.1, 0.15) is 4.66 Å². The molecular weight excluding hydrogens is 312 g/mol. The van der Waals surface area contributed by atoms with Crippen molar-refractivity contribution in [1.29, 1.82) is 0 Å². The van der Waals surface area contributed by atoms with E-state index < -0.39 is 10.0 Å². The summed E-state index contributed by atoms with van der Waals surface area (Å²) in [5.74, 6) is 0. The predicted molar refractivity (Wildman–Crippen MR) is 71.5 cm³/mol. The molecular formula is C9H15BrN2O2S2. The maximum Gasteiger partial charge on any atom is 0.221 e. The highest BCUT2D eigenvalue weighted by Gasteiger charge is 2.17. The van der Waals surface area contributed by atoms with E-state index in [4.69, 9.17) is 0 Å². The summed E-state index contributed by atoms with van der Waals surface area (Å²) >= 11 is 4.56. The number of rotatable bonds is 6. The molecule has 7 heteroatoms. The van der Waals surface area contributed by atoms with Crippen LogP contribution in [-0.2, 0) is 10.0 Å². The molecule has 92 valence electrons. The molecule has 0 aromatic carbocycles. The highest BCUT2D eigenvalue weighted by atomic mass is 79.9. The van der Waals surface area contributed by atoms with Gasteiger partial charge < -0.3 is 4.90 Å². The van der Waals surface area contributed by atoms with E-state index in [0.29, 0.717) is 6.54 Å². The van der Waals surface area contributed by atoms with Gasteiger partial charge >= 0.3 is 0 Å². The van der Waals surface area contributed by atoms with Crippen molar-refractivity contribution in [2.75, 3.05) is 25.3 Å². The second kappa shape index (κ2) is 6.11. The number of hydrogen-bond donors (Lipinski definition) is 1. The Hall–Kier alpha value is 0.0500. The summed E-state index contributed by atoms with van der Waals surface area (Å²) in [6, 6.07) is 2.08. The number of likely N-dealkylation sites (N-methyl/N-ethyl adjacent to an activating group) is 1. The zero-order valence-electron chi connectivity index (χ0n) is 9.18. The van der Waals surface area contributed by atoms with Gasteiger partial charge in [-0.2, -0.15) is 11.3 Å². The van der Waals surface area contributed by atoms with E-state index in [1.165, 1.54) is 0 Å². The van der Waals surface area contributed by atoms with Crippen LogP contribution in [0.3, 0.4) is 0 Å². The molecule has 0 amide bonds. The fourth-order valence-corrected chi connectivity index (χ4v) is 2.99. The van der Waals surface area contributed by atoms with E-state index in [2.05, 4.69) is 20.7 Å². The number of hydrogen-bond acceptors (Lipinski definition) is 4. The molecule has 0 fully saturated rings. The number of thiophene rings is 1. The van der Waals surface area contributed by atoms with Crippen molar-refractivity contribution in [3.63, 3.8) is 0 Å². The van der Waals surface area contributed by atoms with Crippen LogP contribution in [0.5, 0.6) is 0 Å². The maximum atomic E-state index is 11.3. The van der Waals surface area contributed by atoms with Crippen LogP contribution in [-0.4, -0.2) is 38.6 Å². The van der Waals surface area contributed by atoms with Crippen molar-refractivity contribution in [2.45, 2.75) is 6.04 Å². The first-order chi connectivity index (χ1) is 7.46. The molecule has 1 rings (SSSR count). The molecule has 0 radical (unpaired) electrons. The fraction of sp³-hybridized carbons (Fsp3) is 0.556. The molecule has 1 atom stereocenters. The zero-order chi connectivity index (χ0) is 12.2. The quantitative estimate of drug-likeness (QED) is 0.808. The average Bonchev–Trinajstić information content (AvgIpc) is 2.71. The van der Waals surface area contributed by atoms with Crippen molar-refractivity contribution in [3.8, 4) is 0 Å². The second-order valence-corrected chi connectivity index (χ2v) is 7.50. The van der Waals surface area contributed by atoms with Crippen LogP contribution in [0.2, 0.25) is 0 Å². The number of nitrogens with zero attached hydrogens (tertiary/aromatic N) is 1. The zero-order valence-corrected chi connectivity index (χ0v) is 12.4. The largest absolute Gasteiger partial charge is 0.301 e. The van der Waals surface area contributed by atoms with Crippen molar-refractivity contribution in [3.05, 3.63) is 22.4 Å². The molecule has 1 N–H and O–H groups in total. The van der Waals surface area contributed by atoms with Crippen LogP contribution >= 0.6 is 27.3 Å². The van der Waals surface area contributed by atoms with E-state index in [1.807, 2.05) is 35.8 Å². The summed E-state index contributed by atoms with van der Waals surface area (Å²) in [5, 5.41) is 4.03. The van der Waals surface area contributed by atoms with Crippen molar-refractivity contribution < 1.29 is 8.42 Å². The van der Waals surface area contributed by atoms with E-state index in [1.54, 1.807) is 11.3 Å². The lowest BCUT2D eigenvalue weighted by atomic mass is 10.1. The van der Waals surface area contributed by atoms with Crippen LogP contribution < -0.4 is 4.72 Å². The van der Waals surface area contributed by atoms with Gasteiger partial charge in [0.2, 0.25) is 10.0 Å². The molecule has 1 aromatic heterocycles. The third-order valence-electron chi connectivity index (χ3n) is 2.19. The standard InChI is InChI=1S/C9H15BrN2O2S2/c1-12(2)9(8-3-4-15-6-8)5-11-16(13,14)7-10/h3-4,6,9,11H,5,7H2,1-2H3. The lowest BCUT2D eigenvalue weighted by molar-refractivity contribution is 0.300. The number of alkyl halides is 1. The topological polar surface area (TPSA) is 49.4 Å². The van der Waals surface area contributed by atoms with Crippen LogP contribution in [0, 0.1) is 0 Å². The minimum Gasteiger partial charge on any atom is -0.301 e. The van der Waals surface area contributed by atoms with Crippen molar-refractivity contribution in [2.24, 2.45) is 0 Å². The Morgan fingerprint density at radius 3 is 2.69 bits per heavy atom. The first-order valence-electron chi connectivity index (χ1n) is 4.68.